The monoisotopic (exact) mass is 375 g/mol. The Labute approximate surface area is 144 Å². The van der Waals surface area contributed by atoms with Crippen molar-refractivity contribution in [1.29, 1.82) is 0 Å². The number of amides is 1. The van der Waals surface area contributed by atoms with Crippen molar-refractivity contribution in [3.05, 3.63) is 23.8 Å². The molecule has 1 amide bonds. The third-order valence-corrected chi connectivity index (χ3v) is 6.71. The molecule has 2 aliphatic rings. The van der Waals surface area contributed by atoms with E-state index in [4.69, 9.17) is 9.84 Å². The largest absolute Gasteiger partial charge is 0.441 e. The van der Waals surface area contributed by atoms with Crippen LogP contribution >= 0.6 is 0 Å². The van der Waals surface area contributed by atoms with Gasteiger partial charge in [0.05, 0.1) is 18.8 Å². The van der Waals surface area contributed by atoms with Crippen molar-refractivity contribution in [2.75, 3.05) is 54.6 Å². The molecule has 0 saturated carbocycles. The van der Waals surface area contributed by atoms with E-state index in [-0.39, 0.29) is 49.1 Å². The molecule has 10 heteroatoms. The summed E-state index contributed by atoms with van der Waals surface area (Å²) in [6, 6.07) is 2.13. The van der Waals surface area contributed by atoms with Gasteiger partial charge in [-0.15, -0.1) is 0 Å². The molecule has 0 radical (unpaired) electrons. The highest BCUT2D eigenvalue weighted by atomic mass is 32.2. The minimum atomic E-state index is -2.29. The van der Waals surface area contributed by atoms with Gasteiger partial charge >= 0.3 is 6.09 Å². The quantitative estimate of drug-likeness (QED) is 0.859. The number of hydrogen-bond acceptors (Lipinski definition) is 6. The van der Waals surface area contributed by atoms with Crippen LogP contribution in [0.25, 0.3) is 0 Å². The molecule has 2 aliphatic heterocycles. The summed E-state index contributed by atoms with van der Waals surface area (Å²) in [5, 5.41) is 9.04. The Morgan fingerprint density at radius 2 is 1.92 bits per heavy atom. The summed E-state index contributed by atoms with van der Waals surface area (Å²) in [6.45, 7) is 0.140. The number of carbonyl (C=O) groups is 1. The lowest BCUT2D eigenvalue weighted by molar-refractivity contribution is 0.0963. The summed E-state index contributed by atoms with van der Waals surface area (Å²) in [5.41, 5.74) is -0.170. The highest BCUT2D eigenvalue weighted by molar-refractivity contribution is 7.93. The molecule has 1 atom stereocenters. The second kappa shape index (κ2) is 6.75. The number of halogens is 2. The summed E-state index contributed by atoms with van der Waals surface area (Å²) in [5.74, 6) is -1.11. The topological polar surface area (TPSA) is 82.4 Å². The van der Waals surface area contributed by atoms with Gasteiger partial charge in [0, 0.05) is 53.5 Å². The van der Waals surface area contributed by atoms with Crippen LogP contribution in [0.5, 0.6) is 0 Å². The molecule has 0 unspecified atom stereocenters. The van der Waals surface area contributed by atoms with E-state index < -0.39 is 33.6 Å². The zero-order valence-electron chi connectivity index (χ0n) is 13.7. The average molecular weight is 375 g/mol. The van der Waals surface area contributed by atoms with Crippen molar-refractivity contribution >= 4 is 27.2 Å². The lowest BCUT2D eigenvalue weighted by atomic mass is 10.2. The van der Waals surface area contributed by atoms with Gasteiger partial charge < -0.3 is 14.7 Å². The fourth-order valence-corrected chi connectivity index (χ4v) is 4.54. The Morgan fingerprint density at radius 3 is 2.40 bits per heavy atom. The van der Waals surface area contributed by atoms with Crippen LogP contribution in [0, 0.1) is 11.6 Å². The lowest BCUT2D eigenvalue weighted by Gasteiger charge is -2.31. The van der Waals surface area contributed by atoms with Gasteiger partial charge in [-0.25, -0.2) is 22.1 Å². The minimum absolute atomic E-state index is 0.0251. The molecular weight excluding hydrogens is 356 g/mol. The van der Waals surface area contributed by atoms with Gasteiger partial charge in [-0.1, -0.05) is 0 Å². The molecule has 138 valence electrons. The molecule has 0 bridgehead atoms. The molecule has 0 spiro atoms. The van der Waals surface area contributed by atoms with Gasteiger partial charge in [0.25, 0.3) is 0 Å². The van der Waals surface area contributed by atoms with Crippen LogP contribution in [0.3, 0.4) is 0 Å². The van der Waals surface area contributed by atoms with Gasteiger partial charge in [-0.05, 0) is 0 Å². The van der Waals surface area contributed by atoms with Crippen LogP contribution in [-0.2, 0) is 14.5 Å². The van der Waals surface area contributed by atoms with E-state index in [1.54, 1.807) is 0 Å². The van der Waals surface area contributed by atoms with Crippen LogP contribution in [0.15, 0.2) is 16.5 Å². The fourth-order valence-electron chi connectivity index (χ4n) is 2.96. The van der Waals surface area contributed by atoms with Crippen LogP contribution in [0.2, 0.25) is 0 Å². The van der Waals surface area contributed by atoms with Crippen LogP contribution < -0.4 is 9.80 Å². The van der Waals surface area contributed by atoms with Crippen molar-refractivity contribution in [3.63, 3.8) is 0 Å². The van der Waals surface area contributed by atoms with Crippen molar-refractivity contribution in [3.8, 4) is 0 Å². The number of benzene rings is 1. The standard InChI is InChI=1S/C15H19F2N3O4S/c1-18-25(23)4-2-19(3-5-25)14-12(16)6-10(7-13(14)17)20-8-11(9-21)24-15(20)22/h6-7,11,21H,2-5,8-9H2,1H3/t11-/m1/s1. The van der Waals surface area contributed by atoms with Gasteiger partial charge in [0.1, 0.15) is 11.8 Å². The smallest absolute Gasteiger partial charge is 0.414 e. The molecule has 1 aromatic carbocycles. The first-order chi connectivity index (χ1) is 11.9. The third kappa shape index (κ3) is 3.40. The highest BCUT2D eigenvalue weighted by Gasteiger charge is 2.33. The van der Waals surface area contributed by atoms with E-state index >= 15 is 0 Å². The maximum Gasteiger partial charge on any atom is 0.414 e. The summed E-state index contributed by atoms with van der Waals surface area (Å²) < 4.78 is 50.0. The Kier molecular flexibility index (Phi) is 4.83. The molecule has 7 nitrogen and oxygen atoms in total. The normalized spacial score (nSPS) is 22.9. The van der Waals surface area contributed by atoms with E-state index in [0.717, 1.165) is 17.0 Å². The molecule has 0 aliphatic carbocycles. The minimum Gasteiger partial charge on any atom is -0.441 e. The number of rotatable bonds is 3. The average Bonchev–Trinajstić information content (AvgIpc) is 2.97. The van der Waals surface area contributed by atoms with Crippen LogP contribution in [0.4, 0.5) is 25.0 Å². The number of cyclic esters (lactones) is 1. The maximum absolute atomic E-state index is 14.5. The number of anilines is 2. The van der Waals surface area contributed by atoms with Gasteiger partial charge in [0.2, 0.25) is 0 Å². The zero-order chi connectivity index (χ0) is 18.2. The number of aliphatic hydroxyl groups is 1. The molecule has 3 rings (SSSR count). The second-order valence-electron chi connectivity index (χ2n) is 5.91. The molecular formula is C15H19F2N3O4S. The molecule has 25 heavy (non-hydrogen) atoms. The Balaban J connectivity index is 1.84. The van der Waals surface area contributed by atoms with Crippen molar-refractivity contribution in [1.82, 2.24) is 0 Å². The SMILES string of the molecule is CN=S1(=O)CCN(c2c(F)cc(N3C[C@H](CO)OC3=O)cc2F)CC1. The van der Waals surface area contributed by atoms with Crippen molar-refractivity contribution in [2.24, 2.45) is 4.36 Å². The Bertz CT molecular complexity index is 773. The van der Waals surface area contributed by atoms with Gasteiger partial charge in [0.15, 0.2) is 11.6 Å². The van der Waals surface area contributed by atoms with Crippen LogP contribution in [-0.4, -0.2) is 66.3 Å². The predicted molar refractivity (Wildman–Crippen MR) is 89.5 cm³/mol. The second-order valence-corrected chi connectivity index (χ2v) is 8.63. The maximum atomic E-state index is 14.5. The number of ether oxygens (including phenoxy) is 1. The highest BCUT2D eigenvalue weighted by Crippen LogP contribution is 2.31. The predicted octanol–water partition coefficient (Wildman–Crippen LogP) is 1.20. The van der Waals surface area contributed by atoms with E-state index in [2.05, 4.69) is 4.36 Å². The molecule has 2 heterocycles. The first-order valence-corrected chi connectivity index (χ1v) is 9.66. The van der Waals surface area contributed by atoms with Gasteiger partial charge in [-0.3, -0.25) is 4.90 Å². The fraction of sp³-hybridized carbons (Fsp3) is 0.533. The summed E-state index contributed by atoms with van der Waals surface area (Å²) in [6.07, 6.45) is -1.47. The summed E-state index contributed by atoms with van der Waals surface area (Å²) in [4.78, 5) is 14.3. The third-order valence-electron chi connectivity index (χ3n) is 4.40. The van der Waals surface area contributed by atoms with E-state index in [1.165, 1.54) is 11.9 Å². The summed E-state index contributed by atoms with van der Waals surface area (Å²) >= 11 is 0. The molecule has 2 saturated heterocycles. The first kappa shape index (κ1) is 17.9. The molecule has 0 aromatic heterocycles. The van der Waals surface area contributed by atoms with E-state index in [1.807, 2.05) is 0 Å². The molecule has 1 aromatic rings. The Hall–Kier alpha value is -1.94. The zero-order valence-corrected chi connectivity index (χ0v) is 14.5. The van der Waals surface area contributed by atoms with E-state index in [0.29, 0.717) is 0 Å². The van der Waals surface area contributed by atoms with Crippen molar-refractivity contribution < 1.29 is 27.6 Å². The number of carbonyl (C=O) groups excluding carboxylic acids is 1. The number of hydrogen-bond donors (Lipinski definition) is 1. The van der Waals surface area contributed by atoms with Crippen molar-refractivity contribution in [2.45, 2.75) is 6.10 Å². The van der Waals surface area contributed by atoms with Gasteiger partial charge in [-0.2, -0.15) is 0 Å². The first-order valence-electron chi connectivity index (χ1n) is 7.80. The number of nitrogens with zero attached hydrogens (tertiary/aromatic N) is 3. The molecule has 1 N–H and O–H groups in total. The Morgan fingerprint density at radius 1 is 1.32 bits per heavy atom. The van der Waals surface area contributed by atoms with E-state index in [9.17, 15) is 17.8 Å². The number of aliphatic hydroxyl groups excluding tert-OH is 1. The van der Waals surface area contributed by atoms with Crippen LogP contribution in [0.1, 0.15) is 0 Å². The molecule has 2 fully saturated rings. The lowest BCUT2D eigenvalue weighted by Crippen LogP contribution is -2.41. The summed E-state index contributed by atoms with van der Waals surface area (Å²) in [7, 11) is -0.798.